The van der Waals surface area contributed by atoms with E-state index in [0.29, 0.717) is 12.5 Å². The molecular weight excluding hydrogens is 224 g/mol. The van der Waals surface area contributed by atoms with E-state index in [1.54, 1.807) is 0 Å². The van der Waals surface area contributed by atoms with Crippen molar-refractivity contribution in [1.29, 1.82) is 0 Å². The van der Waals surface area contributed by atoms with Gasteiger partial charge < -0.3 is 10.2 Å². The van der Waals surface area contributed by atoms with E-state index in [2.05, 4.69) is 37.4 Å². The number of hydrogen-bond acceptors (Lipinski definition) is 2. The Morgan fingerprint density at radius 2 is 2.22 bits per heavy atom. The van der Waals surface area contributed by atoms with E-state index < -0.39 is 0 Å². The van der Waals surface area contributed by atoms with Crippen molar-refractivity contribution in [3.63, 3.8) is 0 Å². The van der Waals surface area contributed by atoms with Crippen LogP contribution < -0.4 is 5.32 Å². The van der Waals surface area contributed by atoms with Crippen LogP contribution in [0.15, 0.2) is 24.3 Å². The molecule has 1 saturated heterocycles. The highest BCUT2D eigenvalue weighted by Crippen LogP contribution is 2.19. The monoisotopic (exact) mass is 246 g/mol. The van der Waals surface area contributed by atoms with Gasteiger partial charge in [0.1, 0.15) is 0 Å². The second-order valence-corrected chi connectivity index (χ2v) is 5.43. The molecule has 0 bridgehead atoms. The van der Waals surface area contributed by atoms with E-state index in [4.69, 9.17) is 0 Å². The third-order valence-corrected chi connectivity index (χ3v) is 3.71. The van der Waals surface area contributed by atoms with Crippen molar-refractivity contribution in [1.82, 2.24) is 10.2 Å². The Morgan fingerprint density at radius 3 is 2.83 bits per heavy atom. The molecule has 1 amide bonds. The quantitative estimate of drug-likeness (QED) is 0.882. The maximum atomic E-state index is 12.3. The van der Waals surface area contributed by atoms with Gasteiger partial charge in [0.05, 0.1) is 5.92 Å². The molecule has 1 fully saturated rings. The lowest BCUT2D eigenvalue weighted by Gasteiger charge is -2.23. The molecule has 2 unspecified atom stereocenters. The highest BCUT2D eigenvalue weighted by Gasteiger charge is 2.31. The van der Waals surface area contributed by atoms with Gasteiger partial charge in [-0.25, -0.2) is 0 Å². The van der Waals surface area contributed by atoms with Crippen LogP contribution in [0.4, 0.5) is 0 Å². The molecule has 98 valence electrons. The van der Waals surface area contributed by atoms with E-state index >= 15 is 0 Å². The Balaban J connectivity index is 1.99. The topological polar surface area (TPSA) is 32.3 Å². The molecular formula is C15H22N2O. The Hall–Kier alpha value is -1.35. The fourth-order valence-corrected chi connectivity index (χ4v) is 2.59. The van der Waals surface area contributed by atoms with Crippen molar-refractivity contribution in [3.8, 4) is 0 Å². The standard InChI is InChI=1S/C15H22N2O/c1-11-5-4-6-13(7-11)10-17(3)15(18)14-9-16-8-12(14)2/h4-7,12,14,16H,8-10H2,1-3H3. The van der Waals surface area contributed by atoms with Crippen molar-refractivity contribution in [2.75, 3.05) is 20.1 Å². The van der Waals surface area contributed by atoms with Crippen molar-refractivity contribution >= 4 is 5.91 Å². The third kappa shape index (κ3) is 2.91. The lowest BCUT2D eigenvalue weighted by Crippen LogP contribution is -2.35. The van der Waals surface area contributed by atoms with Crippen LogP contribution in [0.2, 0.25) is 0 Å². The Bertz CT molecular complexity index is 430. The van der Waals surface area contributed by atoms with Gasteiger partial charge in [0.15, 0.2) is 0 Å². The molecule has 18 heavy (non-hydrogen) atoms. The normalized spacial score (nSPS) is 23.1. The Kier molecular flexibility index (Phi) is 4.02. The van der Waals surface area contributed by atoms with Crippen LogP contribution in [0.25, 0.3) is 0 Å². The summed E-state index contributed by atoms with van der Waals surface area (Å²) in [4.78, 5) is 14.2. The number of rotatable bonds is 3. The number of nitrogens with one attached hydrogen (secondary N) is 1. The Morgan fingerprint density at radius 1 is 1.44 bits per heavy atom. The molecule has 0 aromatic heterocycles. The molecule has 0 spiro atoms. The number of hydrogen-bond donors (Lipinski definition) is 1. The molecule has 2 atom stereocenters. The maximum Gasteiger partial charge on any atom is 0.227 e. The summed E-state index contributed by atoms with van der Waals surface area (Å²) in [5, 5.41) is 3.28. The number of carbonyl (C=O) groups excluding carboxylic acids is 1. The summed E-state index contributed by atoms with van der Waals surface area (Å²) in [6.07, 6.45) is 0. The van der Waals surface area contributed by atoms with Crippen LogP contribution >= 0.6 is 0 Å². The SMILES string of the molecule is Cc1cccc(CN(C)C(=O)C2CNCC2C)c1. The number of aryl methyl sites for hydroxylation is 1. The second kappa shape index (κ2) is 5.53. The van der Waals surface area contributed by atoms with Crippen molar-refractivity contribution in [2.24, 2.45) is 11.8 Å². The summed E-state index contributed by atoms with van der Waals surface area (Å²) in [6, 6.07) is 8.34. The Labute approximate surface area is 109 Å². The fraction of sp³-hybridized carbons (Fsp3) is 0.533. The molecule has 1 heterocycles. The third-order valence-electron chi connectivity index (χ3n) is 3.71. The average Bonchev–Trinajstić information content (AvgIpc) is 2.74. The first-order chi connectivity index (χ1) is 8.58. The summed E-state index contributed by atoms with van der Waals surface area (Å²) in [6.45, 7) is 6.69. The van der Waals surface area contributed by atoms with Gasteiger partial charge in [-0.3, -0.25) is 4.79 Å². The highest BCUT2D eigenvalue weighted by molar-refractivity contribution is 5.79. The number of nitrogens with zero attached hydrogens (tertiary/aromatic N) is 1. The van der Waals surface area contributed by atoms with Gasteiger partial charge in [-0.1, -0.05) is 36.8 Å². The molecule has 1 aromatic rings. The van der Waals surface area contributed by atoms with Gasteiger partial charge in [-0.05, 0) is 24.9 Å². The van der Waals surface area contributed by atoms with Crippen LogP contribution in [0, 0.1) is 18.8 Å². The summed E-state index contributed by atoms with van der Waals surface area (Å²) in [5.74, 6) is 0.839. The van der Waals surface area contributed by atoms with Gasteiger partial charge in [0.2, 0.25) is 5.91 Å². The van der Waals surface area contributed by atoms with Crippen LogP contribution in [-0.4, -0.2) is 30.9 Å². The van der Waals surface area contributed by atoms with Crippen molar-refractivity contribution < 1.29 is 4.79 Å². The average molecular weight is 246 g/mol. The summed E-state index contributed by atoms with van der Waals surface area (Å²) >= 11 is 0. The summed E-state index contributed by atoms with van der Waals surface area (Å²) in [5.41, 5.74) is 2.44. The first-order valence-electron chi connectivity index (χ1n) is 6.59. The summed E-state index contributed by atoms with van der Waals surface area (Å²) < 4.78 is 0. The molecule has 0 radical (unpaired) electrons. The van der Waals surface area contributed by atoms with E-state index in [-0.39, 0.29) is 11.8 Å². The minimum atomic E-state index is 0.139. The molecule has 0 aliphatic carbocycles. The lowest BCUT2D eigenvalue weighted by molar-refractivity contribution is -0.135. The largest absolute Gasteiger partial charge is 0.341 e. The van der Waals surface area contributed by atoms with Gasteiger partial charge in [0.25, 0.3) is 0 Å². The van der Waals surface area contributed by atoms with Crippen LogP contribution in [0.3, 0.4) is 0 Å². The molecule has 2 rings (SSSR count). The number of amides is 1. The first kappa shape index (κ1) is 13.1. The van der Waals surface area contributed by atoms with Gasteiger partial charge in [-0.2, -0.15) is 0 Å². The minimum absolute atomic E-state index is 0.139. The van der Waals surface area contributed by atoms with Gasteiger partial charge in [0, 0.05) is 20.1 Å². The smallest absolute Gasteiger partial charge is 0.227 e. The molecule has 1 aliphatic rings. The van der Waals surface area contributed by atoms with E-state index in [0.717, 1.165) is 13.1 Å². The fourth-order valence-electron chi connectivity index (χ4n) is 2.59. The number of carbonyl (C=O) groups is 1. The zero-order valence-corrected chi connectivity index (χ0v) is 11.4. The van der Waals surface area contributed by atoms with E-state index in [1.165, 1.54) is 11.1 Å². The van der Waals surface area contributed by atoms with Crippen LogP contribution in [-0.2, 0) is 11.3 Å². The zero-order chi connectivity index (χ0) is 13.1. The van der Waals surface area contributed by atoms with Crippen molar-refractivity contribution in [2.45, 2.75) is 20.4 Å². The molecule has 3 heteroatoms. The van der Waals surface area contributed by atoms with Crippen molar-refractivity contribution in [3.05, 3.63) is 35.4 Å². The highest BCUT2D eigenvalue weighted by atomic mass is 16.2. The van der Waals surface area contributed by atoms with Crippen LogP contribution in [0.5, 0.6) is 0 Å². The maximum absolute atomic E-state index is 12.3. The van der Waals surface area contributed by atoms with Gasteiger partial charge >= 0.3 is 0 Å². The number of benzene rings is 1. The summed E-state index contributed by atoms with van der Waals surface area (Å²) in [7, 11) is 1.90. The van der Waals surface area contributed by atoms with Crippen LogP contribution in [0.1, 0.15) is 18.1 Å². The van der Waals surface area contributed by atoms with E-state index in [1.807, 2.05) is 18.0 Å². The molecule has 1 aliphatic heterocycles. The zero-order valence-electron chi connectivity index (χ0n) is 11.4. The van der Waals surface area contributed by atoms with E-state index in [9.17, 15) is 4.79 Å². The first-order valence-corrected chi connectivity index (χ1v) is 6.59. The van der Waals surface area contributed by atoms with Gasteiger partial charge in [-0.15, -0.1) is 0 Å². The minimum Gasteiger partial charge on any atom is -0.341 e. The molecule has 1 N–H and O–H groups in total. The second-order valence-electron chi connectivity index (χ2n) is 5.43. The predicted molar refractivity (Wildman–Crippen MR) is 73.2 cm³/mol. The molecule has 3 nitrogen and oxygen atoms in total. The predicted octanol–water partition coefficient (Wildman–Crippen LogP) is 1.81. The molecule has 0 saturated carbocycles. The molecule has 1 aromatic carbocycles. The lowest BCUT2D eigenvalue weighted by atomic mass is 9.96.